The molecule has 2 aromatic rings. The summed E-state index contributed by atoms with van der Waals surface area (Å²) in [6, 6.07) is 8.96. The topological polar surface area (TPSA) is 30.5 Å². The van der Waals surface area contributed by atoms with Crippen LogP contribution in [0.2, 0.25) is 0 Å². The van der Waals surface area contributed by atoms with Gasteiger partial charge in [0.25, 0.3) is 0 Å². The SMILES string of the molecule is Fc1cccc(C(Oc2ccc(F)cc2F)[C@@H]2CNCCO2)c1. The molecule has 3 rings (SSSR count). The first kappa shape index (κ1) is 15.8. The van der Waals surface area contributed by atoms with Crippen molar-refractivity contribution in [3.8, 4) is 5.75 Å². The number of halogens is 3. The van der Waals surface area contributed by atoms with Gasteiger partial charge in [-0.05, 0) is 29.8 Å². The van der Waals surface area contributed by atoms with Crippen LogP contribution in [0.3, 0.4) is 0 Å². The smallest absolute Gasteiger partial charge is 0.168 e. The average Bonchev–Trinajstić information content (AvgIpc) is 2.55. The molecule has 3 nitrogen and oxygen atoms in total. The molecule has 0 spiro atoms. The van der Waals surface area contributed by atoms with E-state index in [2.05, 4.69) is 5.32 Å². The van der Waals surface area contributed by atoms with Crippen LogP contribution >= 0.6 is 0 Å². The zero-order valence-electron chi connectivity index (χ0n) is 12.3. The van der Waals surface area contributed by atoms with Crippen LogP contribution in [0.5, 0.6) is 5.75 Å². The number of ether oxygens (including phenoxy) is 2. The summed E-state index contributed by atoms with van der Waals surface area (Å²) >= 11 is 0. The Kier molecular flexibility index (Phi) is 4.83. The molecule has 2 aromatic carbocycles. The van der Waals surface area contributed by atoms with Crippen LogP contribution in [0.15, 0.2) is 42.5 Å². The first-order valence-corrected chi connectivity index (χ1v) is 7.33. The van der Waals surface area contributed by atoms with Crippen molar-refractivity contribution < 1.29 is 22.6 Å². The van der Waals surface area contributed by atoms with E-state index in [1.807, 2.05) is 0 Å². The van der Waals surface area contributed by atoms with Crippen molar-refractivity contribution in [2.45, 2.75) is 12.2 Å². The van der Waals surface area contributed by atoms with E-state index in [0.29, 0.717) is 25.3 Å². The van der Waals surface area contributed by atoms with Crippen LogP contribution in [0.25, 0.3) is 0 Å². The predicted molar refractivity (Wildman–Crippen MR) is 78.7 cm³/mol. The Morgan fingerprint density at radius 3 is 2.61 bits per heavy atom. The molecule has 1 aliphatic rings. The van der Waals surface area contributed by atoms with Crippen molar-refractivity contribution in [3.63, 3.8) is 0 Å². The third kappa shape index (κ3) is 3.83. The Balaban J connectivity index is 1.91. The highest BCUT2D eigenvalue weighted by atomic mass is 19.1. The molecular weight excluding hydrogens is 307 g/mol. The molecule has 1 saturated heterocycles. The van der Waals surface area contributed by atoms with Crippen LogP contribution in [-0.2, 0) is 4.74 Å². The Morgan fingerprint density at radius 2 is 1.91 bits per heavy atom. The number of morpholine rings is 1. The van der Waals surface area contributed by atoms with Crippen molar-refractivity contribution in [2.24, 2.45) is 0 Å². The lowest BCUT2D eigenvalue weighted by Gasteiger charge is -2.31. The van der Waals surface area contributed by atoms with E-state index in [4.69, 9.17) is 9.47 Å². The summed E-state index contributed by atoms with van der Waals surface area (Å²) in [5, 5.41) is 3.16. The number of benzene rings is 2. The molecule has 6 heteroatoms. The van der Waals surface area contributed by atoms with Gasteiger partial charge in [0.05, 0.1) is 6.61 Å². The van der Waals surface area contributed by atoms with E-state index in [9.17, 15) is 13.2 Å². The standard InChI is InChI=1S/C17H16F3NO2/c18-12-3-1-2-11(8-12)17(16-10-21-6-7-22-16)23-15-5-4-13(19)9-14(15)20/h1-5,8-9,16-17,21H,6-7,10H2/t16-,17?/m0/s1. The predicted octanol–water partition coefficient (Wildman–Crippen LogP) is 3.21. The Hall–Kier alpha value is -2.05. The van der Waals surface area contributed by atoms with E-state index in [1.54, 1.807) is 12.1 Å². The molecule has 122 valence electrons. The van der Waals surface area contributed by atoms with Crippen molar-refractivity contribution in [1.29, 1.82) is 0 Å². The van der Waals surface area contributed by atoms with E-state index in [-0.39, 0.29) is 5.75 Å². The summed E-state index contributed by atoms with van der Waals surface area (Å²) in [6.45, 7) is 1.67. The first-order valence-electron chi connectivity index (χ1n) is 7.33. The molecular formula is C17H16F3NO2. The highest BCUT2D eigenvalue weighted by molar-refractivity contribution is 5.28. The monoisotopic (exact) mass is 323 g/mol. The molecule has 1 unspecified atom stereocenters. The van der Waals surface area contributed by atoms with Crippen LogP contribution in [-0.4, -0.2) is 25.8 Å². The van der Waals surface area contributed by atoms with Crippen LogP contribution in [0.1, 0.15) is 11.7 Å². The minimum atomic E-state index is -0.810. The van der Waals surface area contributed by atoms with Gasteiger partial charge >= 0.3 is 0 Å². The van der Waals surface area contributed by atoms with Crippen molar-refractivity contribution in [1.82, 2.24) is 5.32 Å². The lowest BCUT2D eigenvalue weighted by molar-refractivity contribution is -0.0443. The van der Waals surface area contributed by atoms with Gasteiger partial charge in [-0.1, -0.05) is 12.1 Å². The van der Waals surface area contributed by atoms with Gasteiger partial charge in [0.1, 0.15) is 17.7 Å². The molecule has 1 heterocycles. The Morgan fingerprint density at radius 1 is 1.09 bits per heavy atom. The Labute approximate surface area is 132 Å². The second-order valence-electron chi connectivity index (χ2n) is 5.28. The molecule has 0 saturated carbocycles. The molecule has 1 fully saturated rings. The summed E-state index contributed by atoms with van der Waals surface area (Å²) in [6.07, 6.45) is -1.12. The number of rotatable bonds is 4. The summed E-state index contributed by atoms with van der Waals surface area (Å²) in [5.41, 5.74) is 0.530. The van der Waals surface area contributed by atoms with Gasteiger partial charge in [-0.15, -0.1) is 0 Å². The lowest BCUT2D eigenvalue weighted by Crippen LogP contribution is -2.43. The molecule has 1 N–H and O–H groups in total. The normalized spacial score (nSPS) is 19.3. The van der Waals surface area contributed by atoms with E-state index in [1.165, 1.54) is 18.2 Å². The van der Waals surface area contributed by atoms with Gasteiger partial charge in [0, 0.05) is 19.2 Å². The maximum absolute atomic E-state index is 13.9. The van der Waals surface area contributed by atoms with Gasteiger partial charge in [0.15, 0.2) is 17.7 Å². The maximum atomic E-state index is 13.9. The fraction of sp³-hybridized carbons (Fsp3) is 0.294. The van der Waals surface area contributed by atoms with Gasteiger partial charge in [-0.3, -0.25) is 0 Å². The lowest BCUT2D eigenvalue weighted by atomic mass is 10.0. The molecule has 2 atom stereocenters. The molecule has 0 aromatic heterocycles. The van der Waals surface area contributed by atoms with Gasteiger partial charge < -0.3 is 14.8 Å². The second-order valence-corrected chi connectivity index (χ2v) is 5.28. The number of hydrogen-bond acceptors (Lipinski definition) is 3. The number of hydrogen-bond donors (Lipinski definition) is 1. The highest BCUT2D eigenvalue weighted by Gasteiger charge is 2.29. The van der Waals surface area contributed by atoms with Crippen molar-refractivity contribution in [3.05, 3.63) is 65.5 Å². The molecule has 0 amide bonds. The largest absolute Gasteiger partial charge is 0.480 e. The minimum absolute atomic E-state index is 0.102. The zero-order chi connectivity index (χ0) is 16.2. The van der Waals surface area contributed by atoms with Crippen LogP contribution in [0, 0.1) is 17.5 Å². The van der Waals surface area contributed by atoms with E-state index < -0.39 is 29.7 Å². The average molecular weight is 323 g/mol. The molecule has 0 aliphatic carbocycles. The molecule has 1 aliphatic heterocycles. The third-order valence-corrected chi connectivity index (χ3v) is 3.62. The summed E-state index contributed by atoms with van der Waals surface area (Å²) < 4.78 is 51.8. The quantitative estimate of drug-likeness (QED) is 0.937. The summed E-state index contributed by atoms with van der Waals surface area (Å²) in [4.78, 5) is 0. The highest BCUT2D eigenvalue weighted by Crippen LogP contribution is 2.29. The van der Waals surface area contributed by atoms with Crippen LogP contribution in [0.4, 0.5) is 13.2 Å². The maximum Gasteiger partial charge on any atom is 0.168 e. The van der Waals surface area contributed by atoms with E-state index >= 15 is 0 Å². The summed E-state index contributed by atoms with van der Waals surface area (Å²) in [7, 11) is 0. The van der Waals surface area contributed by atoms with E-state index in [0.717, 1.165) is 12.1 Å². The first-order chi connectivity index (χ1) is 11.1. The minimum Gasteiger partial charge on any atom is -0.480 e. The van der Waals surface area contributed by atoms with Gasteiger partial charge in [0.2, 0.25) is 0 Å². The fourth-order valence-corrected chi connectivity index (χ4v) is 2.53. The second kappa shape index (κ2) is 7.02. The Bertz CT molecular complexity index is 675. The zero-order valence-corrected chi connectivity index (χ0v) is 12.3. The third-order valence-electron chi connectivity index (χ3n) is 3.62. The number of nitrogens with one attached hydrogen (secondary N) is 1. The fourth-order valence-electron chi connectivity index (χ4n) is 2.53. The van der Waals surface area contributed by atoms with Gasteiger partial charge in [-0.25, -0.2) is 13.2 Å². The van der Waals surface area contributed by atoms with Crippen molar-refractivity contribution in [2.75, 3.05) is 19.7 Å². The molecule has 0 bridgehead atoms. The molecule has 23 heavy (non-hydrogen) atoms. The molecule has 0 radical (unpaired) electrons. The summed E-state index contributed by atoms with van der Waals surface area (Å²) in [5.74, 6) is -2.02. The van der Waals surface area contributed by atoms with Crippen LogP contribution < -0.4 is 10.1 Å². The van der Waals surface area contributed by atoms with Gasteiger partial charge in [-0.2, -0.15) is 0 Å². The van der Waals surface area contributed by atoms with Crippen molar-refractivity contribution >= 4 is 0 Å².